The third-order valence-electron chi connectivity index (χ3n) is 5.20. The first-order valence-corrected chi connectivity index (χ1v) is 8.79. The molecule has 0 bridgehead atoms. The van der Waals surface area contributed by atoms with E-state index in [4.69, 9.17) is 8.94 Å². The zero-order valence-corrected chi connectivity index (χ0v) is 13.8. The fourth-order valence-electron chi connectivity index (χ4n) is 3.92. The third kappa shape index (κ3) is 3.24. The van der Waals surface area contributed by atoms with E-state index in [0.29, 0.717) is 36.1 Å². The summed E-state index contributed by atoms with van der Waals surface area (Å²) in [4.78, 5) is 9.31. The third-order valence-corrected chi connectivity index (χ3v) is 5.20. The molecule has 0 saturated carbocycles. The van der Waals surface area contributed by atoms with E-state index in [1.165, 1.54) is 19.3 Å². The molecule has 7 nitrogen and oxygen atoms in total. The Kier molecular flexibility index (Phi) is 4.64. The number of furan rings is 1. The maximum absolute atomic E-state index is 9.51. The van der Waals surface area contributed by atoms with Crippen molar-refractivity contribution in [1.82, 2.24) is 19.9 Å². The van der Waals surface area contributed by atoms with E-state index < -0.39 is 0 Å². The van der Waals surface area contributed by atoms with Crippen LogP contribution in [0.3, 0.4) is 0 Å². The fourth-order valence-corrected chi connectivity index (χ4v) is 3.92. The van der Waals surface area contributed by atoms with Crippen LogP contribution in [0.25, 0.3) is 11.6 Å². The molecule has 2 aromatic rings. The van der Waals surface area contributed by atoms with E-state index in [0.717, 1.165) is 26.1 Å². The Morgan fingerprint density at radius 3 is 2.79 bits per heavy atom. The molecular formula is C17H24N4O3. The van der Waals surface area contributed by atoms with Crippen LogP contribution in [0.15, 0.2) is 27.3 Å². The monoisotopic (exact) mass is 332 g/mol. The molecule has 2 aromatic heterocycles. The number of aromatic nitrogens is 2. The zero-order chi connectivity index (χ0) is 16.4. The van der Waals surface area contributed by atoms with Crippen LogP contribution in [0, 0.1) is 0 Å². The van der Waals surface area contributed by atoms with Gasteiger partial charge in [-0.3, -0.25) is 9.80 Å². The van der Waals surface area contributed by atoms with Crippen LogP contribution in [-0.4, -0.2) is 63.4 Å². The lowest BCUT2D eigenvalue weighted by Gasteiger charge is -2.30. The topological polar surface area (TPSA) is 78.8 Å². The molecule has 2 fully saturated rings. The van der Waals surface area contributed by atoms with Gasteiger partial charge in [0.1, 0.15) is 0 Å². The second kappa shape index (κ2) is 7.04. The first-order valence-electron chi connectivity index (χ1n) is 8.79. The largest absolute Gasteiger partial charge is 0.461 e. The average molecular weight is 332 g/mol. The molecule has 130 valence electrons. The summed E-state index contributed by atoms with van der Waals surface area (Å²) in [5, 5.41) is 13.5. The summed E-state index contributed by atoms with van der Waals surface area (Å²) in [6.07, 6.45) is 6.29. The number of hydrogen-bond donors (Lipinski definition) is 1. The van der Waals surface area contributed by atoms with Gasteiger partial charge in [-0.1, -0.05) is 5.16 Å². The summed E-state index contributed by atoms with van der Waals surface area (Å²) < 4.78 is 10.7. The van der Waals surface area contributed by atoms with E-state index in [2.05, 4.69) is 19.9 Å². The number of likely N-dealkylation sites (tertiary alicyclic amines) is 2. The fraction of sp³-hybridized carbons (Fsp3) is 0.647. The normalized spacial score (nSPS) is 25.7. The van der Waals surface area contributed by atoms with Crippen molar-refractivity contribution in [3.05, 3.63) is 24.3 Å². The van der Waals surface area contributed by atoms with Gasteiger partial charge >= 0.3 is 0 Å². The van der Waals surface area contributed by atoms with Crippen molar-refractivity contribution in [1.29, 1.82) is 0 Å². The van der Waals surface area contributed by atoms with Crippen LogP contribution in [0.1, 0.15) is 31.6 Å². The van der Waals surface area contributed by atoms with Gasteiger partial charge in [0.25, 0.3) is 0 Å². The van der Waals surface area contributed by atoms with Crippen LogP contribution in [0.4, 0.5) is 0 Å². The van der Waals surface area contributed by atoms with Gasteiger partial charge in [0.2, 0.25) is 11.7 Å². The molecule has 7 heteroatoms. The van der Waals surface area contributed by atoms with Gasteiger partial charge in [0.15, 0.2) is 5.76 Å². The minimum absolute atomic E-state index is 0.267. The first kappa shape index (κ1) is 15.8. The van der Waals surface area contributed by atoms with Crippen molar-refractivity contribution < 1.29 is 14.0 Å². The minimum Gasteiger partial charge on any atom is -0.461 e. The Morgan fingerprint density at radius 1 is 1.17 bits per heavy atom. The van der Waals surface area contributed by atoms with Crippen LogP contribution in [-0.2, 0) is 6.54 Å². The minimum atomic E-state index is 0.267. The number of rotatable bonds is 6. The van der Waals surface area contributed by atoms with Crippen LogP contribution < -0.4 is 0 Å². The van der Waals surface area contributed by atoms with Gasteiger partial charge < -0.3 is 14.0 Å². The van der Waals surface area contributed by atoms with Crippen molar-refractivity contribution in [3.8, 4) is 11.6 Å². The van der Waals surface area contributed by atoms with Crippen molar-refractivity contribution in [2.75, 3.05) is 26.2 Å². The number of aliphatic hydroxyl groups excluding tert-OH is 1. The van der Waals surface area contributed by atoms with E-state index in [1.807, 2.05) is 12.1 Å². The molecule has 2 aliphatic rings. The molecule has 2 aliphatic heterocycles. The molecule has 2 atom stereocenters. The average Bonchev–Trinajstić information content (AvgIpc) is 3.36. The lowest BCUT2D eigenvalue weighted by molar-refractivity contribution is 0.115. The molecule has 24 heavy (non-hydrogen) atoms. The summed E-state index contributed by atoms with van der Waals surface area (Å²) in [5.41, 5.74) is 0. The number of aliphatic hydroxyl groups is 1. The van der Waals surface area contributed by atoms with Crippen molar-refractivity contribution in [3.63, 3.8) is 0 Å². The van der Waals surface area contributed by atoms with Gasteiger partial charge in [-0.05, 0) is 50.9 Å². The molecule has 4 heterocycles. The molecule has 0 spiro atoms. The Hall–Kier alpha value is -1.70. The summed E-state index contributed by atoms with van der Waals surface area (Å²) in [6.45, 7) is 4.11. The van der Waals surface area contributed by atoms with Crippen molar-refractivity contribution in [2.24, 2.45) is 0 Å². The van der Waals surface area contributed by atoms with E-state index in [1.54, 1.807) is 6.26 Å². The summed E-state index contributed by atoms with van der Waals surface area (Å²) in [7, 11) is 0. The zero-order valence-electron chi connectivity index (χ0n) is 13.8. The van der Waals surface area contributed by atoms with Gasteiger partial charge in [-0.15, -0.1) is 0 Å². The van der Waals surface area contributed by atoms with Gasteiger partial charge in [-0.25, -0.2) is 0 Å². The second-order valence-corrected chi connectivity index (χ2v) is 6.73. The Morgan fingerprint density at radius 2 is 2.00 bits per heavy atom. The predicted octanol–water partition coefficient (Wildman–Crippen LogP) is 1.75. The molecule has 0 aromatic carbocycles. The van der Waals surface area contributed by atoms with Gasteiger partial charge in [-0.2, -0.15) is 4.98 Å². The lowest BCUT2D eigenvalue weighted by Crippen LogP contribution is -2.43. The highest BCUT2D eigenvalue weighted by molar-refractivity contribution is 5.44. The summed E-state index contributed by atoms with van der Waals surface area (Å²) in [6, 6.07) is 4.48. The van der Waals surface area contributed by atoms with Crippen molar-refractivity contribution >= 4 is 0 Å². The summed E-state index contributed by atoms with van der Waals surface area (Å²) in [5.74, 6) is 1.77. The molecule has 1 N–H and O–H groups in total. The SMILES string of the molecule is OC[C@@H]1CCCN1C[C@H]1CCCN1Cc1nc(-c2ccco2)no1. The predicted molar refractivity (Wildman–Crippen MR) is 87.1 cm³/mol. The molecular weight excluding hydrogens is 308 g/mol. The maximum Gasteiger partial charge on any atom is 0.241 e. The maximum atomic E-state index is 9.51. The Balaban J connectivity index is 1.38. The first-order chi connectivity index (χ1) is 11.8. The smallest absolute Gasteiger partial charge is 0.241 e. The lowest BCUT2D eigenvalue weighted by atomic mass is 10.2. The van der Waals surface area contributed by atoms with Crippen molar-refractivity contribution in [2.45, 2.75) is 44.3 Å². The summed E-state index contributed by atoms with van der Waals surface area (Å²) >= 11 is 0. The molecule has 0 aliphatic carbocycles. The standard InChI is InChI=1S/C17H24N4O3/c22-12-14-5-2-7-20(14)10-13-4-1-8-21(13)11-16-18-17(19-24-16)15-6-3-9-23-15/h3,6,9,13-14,22H,1-2,4-5,7-8,10-12H2/t13-,14+/m1/s1. The van der Waals surface area contributed by atoms with Crippen LogP contribution in [0.2, 0.25) is 0 Å². The van der Waals surface area contributed by atoms with Gasteiger partial charge in [0, 0.05) is 18.6 Å². The molecule has 0 unspecified atom stereocenters. The van der Waals surface area contributed by atoms with Crippen LogP contribution in [0.5, 0.6) is 0 Å². The Labute approximate surface area is 141 Å². The van der Waals surface area contributed by atoms with E-state index in [-0.39, 0.29) is 6.61 Å². The molecule has 2 saturated heterocycles. The molecule has 0 radical (unpaired) electrons. The number of nitrogens with zero attached hydrogens (tertiary/aromatic N) is 4. The highest BCUT2D eigenvalue weighted by Gasteiger charge is 2.32. The second-order valence-electron chi connectivity index (χ2n) is 6.73. The Bertz CT molecular complexity index is 642. The molecule has 0 amide bonds. The van der Waals surface area contributed by atoms with E-state index in [9.17, 15) is 5.11 Å². The molecule has 4 rings (SSSR count). The highest BCUT2D eigenvalue weighted by atomic mass is 16.5. The highest BCUT2D eigenvalue weighted by Crippen LogP contribution is 2.25. The van der Waals surface area contributed by atoms with E-state index >= 15 is 0 Å². The van der Waals surface area contributed by atoms with Gasteiger partial charge in [0.05, 0.1) is 19.4 Å². The quantitative estimate of drug-likeness (QED) is 0.863. The van der Waals surface area contributed by atoms with Crippen LogP contribution >= 0.6 is 0 Å². The number of hydrogen-bond acceptors (Lipinski definition) is 7.